The highest BCUT2D eigenvalue weighted by Crippen LogP contribution is 2.40. The largest absolute Gasteiger partial charge is 0.459 e. The van der Waals surface area contributed by atoms with Crippen molar-refractivity contribution >= 4 is 27.3 Å². The van der Waals surface area contributed by atoms with Crippen LogP contribution in [-0.4, -0.2) is 54.9 Å². The molecule has 0 bridgehead atoms. The van der Waals surface area contributed by atoms with Crippen LogP contribution in [0.2, 0.25) is 0 Å². The summed E-state index contributed by atoms with van der Waals surface area (Å²) in [6.45, 7) is 4.71. The summed E-state index contributed by atoms with van der Waals surface area (Å²) in [4.78, 5) is 15.8. The molecule has 1 aliphatic heterocycles. The van der Waals surface area contributed by atoms with Gasteiger partial charge in [-0.3, -0.25) is 4.79 Å². The number of nitrogens with zero attached hydrogens (tertiary/aromatic N) is 3. The zero-order valence-corrected chi connectivity index (χ0v) is 17.0. The summed E-state index contributed by atoms with van der Waals surface area (Å²) in [7, 11) is -3.74. The SMILES string of the molecule is Cc1sc(C)c(S(=O)(=O)N2CCN(C(=O)c3ccco3)CC2)c1-c1ccno1. The van der Waals surface area contributed by atoms with Crippen molar-refractivity contribution < 1.29 is 22.2 Å². The van der Waals surface area contributed by atoms with Gasteiger partial charge in [-0.05, 0) is 26.0 Å². The molecule has 1 saturated heterocycles. The Bertz CT molecular complexity index is 1080. The minimum Gasteiger partial charge on any atom is -0.459 e. The van der Waals surface area contributed by atoms with Gasteiger partial charge in [-0.25, -0.2) is 8.42 Å². The summed E-state index contributed by atoms with van der Waals surface area (Å²) in [6.07, 6.45) is 2.94. The molecule has 0 radical (unpaired) electrons. The molecule has 0 unspecified atom stereocenters. The predicted octanol–water partition coefficient (Wildman–Crippen LogP) is 2.76. The van der Waals surface area contributed by atoms with Gasteiger partial charge in [-0.2, -0.15) is 4.31 Å². The minimum atomic E-state index is -3.74. The zero-order chi connectivity index (χ0) is 19.9. The first-order valence-electron chi connectivity index (χ1n) is 8.73. The van der Waals surface area contributed by atoms with E-state index in [2.05, 4.69) is 5.16 Å². The van der Waals surface area contributed by atoms with Crippen molar-refractivity contribution in [3.05, 3.63) is 46.2 Å². The molecular formula is C18H19N3O5S2. The maximum absolute atomic E-state index is 13.4. The molecule has 0 atom stereocenters. The van der Waals surface area contributed by atoms with Crippen molar-refractivity contribution in [3.63, 3.8) is 0 Å². The van der Waals surface area contributed by atoms with E-state index in [-0.39, 0.29) is 29.7 Å². The average molecular weight is 422 g/mol. The fourth-order valence-corrected chi connectivity index (χ4v) is 6.66. The Balaban J connectivity index is 1.59. The quantitative estimate of drug-likeness (QED) is 0.643. The molecule has 1 aliphatic rings. The monoisotopic (exact) mass is 421 g/mol. The van der Waals surface area contributed by atoms with Crippen LogP contribution in [0.1, 0.15) is 20.3 Å². The lowest BCUT2D eigenvalue weighted by Gasteiger charge is -2.33. The van der Waals surface area contributed by atoms with Crippen LogP contribution in [0, 0.1) is 13.8 Å². The third-order valence-electron chi connectivity index (χ3n) is 4.74. The number of furan rings is 1. The number of carbonyl (C=O) groups is 1. The molecule has 1 amide bonds. The highest BCUT2D eigenvalue weighted by molar-refractivity contribution is 7.89. The van der Waals surface area contributed by atoms with Crippen molar-refractivity contribution in [3.8, 4) is 11.3 Å². The number of thiophene rings is 1. The number of rotatable bonds is 4. The van der Waals surface area contributed by atoms with Gasteiger partial charge in [0.1, 0.15) is 4.90 Å². The Morgan fingerprint density at radius 3 is 2.50 bits per heavy atom. The summed E-state index contributed by atoms with van der Waals surface area (Å²) in [5, 5.41) is 3.71. The van der Waals surface area contributed by atoms with Crippen LogP contribution in [-0.2, 0) is 10.0 Å². The molecular weight excluding hydrogens is 402 g/mol. The maximum Gasteiger partial charge on any atom is 0.289 e. The molecule has 148 valence electrons. The van der Waals surface area contributed by atoms with Gasteiger partial charge in [0.15, 0.2) is 11.5 Å². The lowest BCUT2D eigenvalue weighted by Crippen LogP contribution is -2.50. The Morgan fingerprint density at radius 2 is 1.89 bits per heavy atom. The highest BCUT2D eigenvalue weighted by Gasteiger charge is 2.35. The fourth-order valence-electron chi connectivity index (χ4n) is 3.42. The Kier molecular flexibility index (Phi) is 4.86. The van der Waals surface area contributed by atoms with E-state index >= 15 is 0 Å². The van der Waals surface area contributed by atoms with E-state index < -0.39 is 10.0 Å². The number of piperazine rings is 1. The van der Waals surface area contributed by atoms with E-state index in [1.807, 2.05) is 6.92 Å². The van der Waals surface area contributed by atoms with Crippen molar-refractivity contribution in [1.29, 1.82) is 0 Å². The van der Waals surface area contributed by atoms with Crippen molar-refractivity contribution in [1.82, 2.24) is 14.4 Å². The second kappa shape index (κ2) is 7.19. The number of sulfonamides is 1. The predicted molar refractivity (Wildman–Crippen MR) is 103 cm³/mol. The van der Waals surface area contributed by atoms with Crippen LogP contribution in [0.5, 0.6) is 0 Å². The molecule has 0 aliphatic carbocycles. The molecule has 28 heavy (non-hydrogen) atoms. The fraction of sp³-hybridized carbons (Fsp3) is 0.333. The van der Waals surface area contributed by atoms with Gasteiger partial charge < -0.3 is 13.8 Å². The van der Waals surface area contributed by atoms with E-state index in [1.54, 1.807) is 30.0 Å². The molecule has 8 nitrogen and oxygen atoms in total. The minimum absolute atomic E-state index is 0.221. The van der Waals surface area contributed by atoms with E-state index in [4.69, 9.17) is 8.94 Å². The Labute approximate surface area is 166 Å². The van der Waals surface area contributed by atoms with E-state index in [0.29, 0.717) is 29.3 Å². The summed E-state index contributed by atoms with van der Waals surface area (Å²) in [5.74, 6) is 0.465. The van der Waals surface area contributed by atoms with Crippen LogP contribution in [0.4, 0.5) is 0 Å². The molecule has 0 saturated carbocycles. The van der Waals surface area contributed by atoms with E-state index in [9.17, 15) is 13.2 Å². The number of aromatic nitrogens is 1. The standard InChI is InChI=1S/C18H19N3O5S2/c1-12-16(14-5-6-19-26-14)17(13(2)27-12)28(23,24)21-9-7-20(8-10-21)18(22)15-4-3-11-25-15/h3-6,11H,7-10H2,1-2H3. The molecule has 3 aromatic heterocycles. The first kappa shape index (κ1) is 18.9. The van der Waals surface area contributed by atoms with Crippen LogP contribution in [0.15, 0.2) is 44.5 Å². The van der Waals surface area contributed by atoms with Crippen LogP contribution < -0.4 is 0 Å². The highest BCUT2D eigenvalue weighted by atomic mass is 32.2. The van der Waals surface area contributed by atoms with Crippen LogP contribution >= 0.6 is 11.3 Å². The number of amides is 1. The first-order chi connectivity index (χ1) is 13.4. The lowest BCUT2D eigenvalue weighted by molar-refractivity contribution is 0.0666. The van der Waals surface area contributed by atoms with Crippen LogP contribution in [0.3, 0.4) is 0 Å². The molecule has 3 aromatic rings. The third kappa shape index (κ3) is 3.17. The zero-order valence-electron chi connectivity index (χ0n) is 15.4. The second-order valence-electron chi connectivity index (χ2n) is 6.47. The number of hydrogen-bond acceptors (Lipinski definition) is 7. The van der Waals surface area contributed by atoms with Crippen molar-refractivity contribution in [2.45, 2.75) is 18.7 Å². The van der Waals surface area contributed by atoms with Crippen molar-refractivity contribution in [2.24, 2.45) is 0 Å². The van der Waals surface area contributed by atoms with Crippen molar-refractivity contribution in [2.75, 3.05) is 26.2 Å². The third-order valence-corrected chi connectivity index (χ3v) is 7.97. The number of hydrogen-bond donors (Lipinski definition) is 0. The molecule has 0 N–H and O–H groups in total. The van der Waals surface area contributed by atoms with Gasteiger partial charge in [0.2, 0.25) is 10.0 Å². The molecule has 10 heteroatoms. The van der Waals surface area contributed by atoms with E-state index in [0.717, 1.165) is 4.88 Å². The number of carbonyl (C=O) groups excluding carboxylic acids is 1. The lowest BCUT2D eigenvalue weighted by atomic mass is 10.2. The Morgan fingerprint density at radius 1 is 1.14 bits per heavy atom. The van der Waals surface area contributed by atoms with Gasteiger partial charge in [-0.1, -0.05) is 5.16 Å². The van der Waals surface area contributed by atoms with Gasteiger partial charge in [-0.15, -0.1) is 11.3 Å². The van der Waals surface area contributed by atoms with Gasteiger partial charge in [0.25, 0.3) is 5.91 Å². The summed E-state index contributed by atoms with van der Waals surface area (Å²) in [6, 6.07) is 4.92. The second-order valence-corrected chi connectivity index (χ2v) is 9.77. The van der Waals surface area contributed by atoms with E-state index in [1.165, 1.54) is 28.1 Å². The van der Waals surface area contributed by atoms with Crippen LogP contribution in [0.25, 0.3) is 11.3 Å². The first-order valence-corrected chi connectivity index (χ1v) is 11.0. The Hall–Kier alpha value is -2.43. The maximum atomic E-state index is 13.4. The molecule has 0 spiro atoms. The topological polar surface area (TPSA) is 96.9 Å². The van der Waals surface area contributed by atoms with Gasteiger partial charge >= 0.3 is 0 Å². The summed E-state index contributed by atoms with van der Waals surface area (Å²) >= 11 is 1.42. The summed E-state index contributed by atoms with van der Waals surface area (Å²) < 4.78 is 38.6. The number of aryl methyl sites for hydroxylation is 2. The van der Waals surface area contributed by atoms with Gasteiger partial charge in [0, 0.05) is 42.0 Å². The molecule has 1 fully saturated rings. The normalized spacial score (nSPS) is 15.9. The molecule has 4 rings (SSSR count). The summed E-state index contributed by atoms with van der Waals surface area (Å²) in [5.41, 5.74) is 0.564. The molecule has 4 heterocycles. The average Bonchev–Trinajstić information content (AvgIpc) is 3.42. The molecule has 0 aromatic carbocycles. The van der Waals surface area contributed by atoms with Gasteiger partial charge in [0.05, 0.1) is 18.0 Å². The smallest absolute Gasteiger partial charge is 0.289 e.